The SMILES string of the molecule is CN=C(NCCCc1ccc(OC)c(OC)c1)NC(C)C(C)C.I. The Kier molecular flexibility index (Phi) is 11.6. The first-order valence-electron chi connectivity index (χ1n) is 8.19. The fourth-order valence-corrected chi connectivity index (χ4v) is 2.11. The molecule has 0 aliphatic heterocycles. The Morgan fingerprint density at radius 2 is 1.79 bits per heavy atom. The van der Waals surface area contributed by atoms with Gasteiger partial charge in [-0.05, 0) is 43.4 Å². The van der Waals surface area contributed by atoms with Crippen molar-refractivity contribution in [2.75, 3.05) is 27.8 Å². The van der Waals surface area contributed by atoms with Gasteiger partial charge in [-0.15, -0.1) is 24.0 Å². The second kappa shape index (κ2) is 12.2. The number of rotatable bonds is 8. The molecule has 24 heavy (non-hydrogen) atoms. The van der Waals surface area contributed by atoms with Crippen LogP contribution in [0.1, 0.15) is 32.8 Å². The number of benzene rings is 1. The highest BCUT2D eigenvalue weighted by molar-refractivity contribution is 14.0. The minimum absolute atomic E-state index is 0. The van der Waals surface area contributed by atoms with Crippen molar-refractivity contribution >= 4 is 29.9 Å². The highest BCUT2D eigenvalue weighted by Crippen LogP contribution is 2.27. The molecule has 0 saturated heterocycles. The average molecular weight is 449 g/mol. The summed E-state index contributed by atoms with van der Waals surface area (Å²) in [6.07, 6.45) is 2.00. The molecule has 138 valence electrons. The first-order valence-corrected chi connectivity index (χ1v) is 8.19. The Morgan fingerprint density at radius 1 is 1.12 bits per heavy atom. The fraction of sp³-hybridized carbons (Fsp3) is 0.611. The number of aryl methyl sites for hydroxylation is 1. The van der Waals surface area contributed by atoms with Crippen LogP contribution in [0, 0.1) is 5.92 Å². The molecule has 0 saturated carbocycles. The molecule has 0 radical (unpaired) electrons. The summed E-state index contributed by atoms with van der Waals surface area (Å²) in [5.41, 5.74) is 1.24. The molecule has 0 aromatic heterocycles. The first-order chi connectivity index (χ1) is 11.0. The highest BCUT2D eigenvalue weighted by Gasteiger charge is 2.08. The Morgan fingerprint density at radius 3 is 2.33 bits per heavy atom. The van der Waals surface area contributed by atoms with Gasteiger partial charge in [0.05, 0.1) is 14.2 Å². The highest BCUT2D eigenvalue weighted by atomic mass is 127. The van der Waals surface area contributed by atoms with Gasteiger partial charge in [0.15, 0.2) is 17.5 Å². The molecule has 1 atom stereocenters. The van der Waals surface area contributed by atoms with Crippen LogP contribution in [0.25, 0.3) is 0 Å². The molecule has 1 rings (SSSR count). The third kappa shape index (κ3) is 7.59. The quantitative estimate of drug-likeness (QED) is 0.276. The normalized spacial score (nSPS) is 12.4. The van der Waals surface area contributed by atoms with Gasteiger partial charge in [0.1, 0.15) is 0 Å². The molecule has 1 unspecified atom stereocenters. The number of nitrogens with one attached hydrogen (secondary N) is 2. The molecule has 1 aromatic rings. The van der Waals surface area contributed by atoms with Crippen LogP contribution in [-0.4, -0.2) is 39.8 Å². The Labute approximate surface area is 163 Å². The van der Waals surface area contributed by atoms with Crippen LogP contribution in [0.5, 0.6) is 11.5 Å². The zero-order valence-corrected chi connectivity index (χ0v) is 18.0. The molecule has 0 bridgehead atoms. The third-order valence-corrected chi connectivity index (χ3v) is 3.97. The molecule has 5 nitrogen and oxygen atoms in total. The molecule has 0 aliphatic rings. The van der Waals surface area contributed by atoms with Crippen LogP contribution < -0.4 is 20.1 Å². The first kappa shape index (κ1) is 22.8. The van der Waals surface area contributed by atoms with E-state index in [1.54, 1.807) is 21.3 Å². The van der Waals surface area contributed by atoms with Gasteiger partial charge in [-0.2, -0.15) is 0 Å². The summed E-state index contributed by atoms with van der Waals surface area (Å²) in [5, 5.41) is 6.76. The summed E-state index contributed by atoms with van der Waals surface area (Å²) in [7, 11) is 5.11. The van der Waals surface area contributed by atoms with Crippen molar-refractivity contribution in [1.82, 2.24) is 10.6 Å². The molecule has 2 N–H and O–H groups in total. The van der Waals surface area contributed by atoms with Crippen LogP contribution >= 0.6 is 24.0 Å². The predicted molar refractivity (Wildman–Crippen MR) is 112 cm³/mol. The summed E-state index contributed by atoms with van der Waals surface area (Å²) in [6, 6.07) is 6.46. The summed E-state index contributed by atoms with van der Waals surface area (Å²) in [6.45, 7) is 7.43. The predicted octanol–water partition coefficient (Wildman–Crippen LogP) is 3.46. The van der Waals surface area contributed by atoms with Gasteiger partial charge in [-0.3, -0.25) is 4.99 Å². The Bertz CT molecular complexity index is 507. The zero-order valence-electron chi connectivity index (χ0n) is 15.7. The van der Waals surface area contributed by atoms with E-state index in [0.29, 0.717) is 12.0 Å². The number of halogens is 1. The van der Waals surface area contributed by atoms with E-state index < -0.39 is 0 Å². The number of hydrogen-bond donors (Lipinski definition) is 2. The second-order valence-electron chi connectivity index (χ2n) is 5.97. The van der Waals surface area contributed by atoms with Crippen LogP contribution in [0.15, 0.2) is 23.2 Å². The minimum atomic E-state index is 0. The topological polar surface area (TPSA) is 54.9 Å². The van der Waals surface area contributed by atoms with E-state index in [-0.39, 0.29) is 24.0 Å². The Balaban J connectivity index is 0.00000529. The monoisotopic (exact) mass is 449 g/mol. The molecule has 0 fully saturated rings. The Hall–Kier alpha value is -1.18. The number of ether oxygens (including phenoxy) is 2. The van der Waals surface area contributed by atoms with Crippen molar-refractivity contribution in [3.05, 3.63) is 23.8 Å². The maximum atomic E-state index is 5.34. The zero-order chi connectivity index (χ0) is 17.2. The smallest absolute Gasteiger partial charge is 0.191 e. The van der Waals surface area contributed by atoms with Gasteiger partial charge >= 0.3 is 0 Å². The summed E-state index contributed by atoms with van der Waals surface area (Å²) < 4.78 is 10.6. The molecule has 0 amide bonds. The lowest BCUT2D eigenvalue weighted by Crippen LogP contribution is -2.44. The van der Waals surface area contributed by atoms with Gasteiger partial charge in [0, 0.05) is 19.6 Å². The number of guanidine groups is 1. The van der Waals surface area contributed by atoms with Crippen molar-refractivity contribution in [3.63, 3.8) is 0 Å². The average Bonchev–Trinajstić information content (AvgIpc) is 2.56. The van der Waals surface area contributed by atoms with Crippen LogP contribution in [0.3, 0.4) is 0 Å². The maximum absolute atomic E-state index is 5.34. The summed E-state index contributed by atoms with van der Waals surface area (Å²) >= 11 is 0. The van der Waals surface area contributed by atoms with Crippen molar-refractivity contribution in [2.45, 2.75) is 39.7 Å². The molecule has 6 heteroatoms. The summed E-state index contributed by atoms with van der Waals surface area (Å²) in [4.78, 5) is 4.26. The van der Waals surface area contributed by atoms with E-state index in [9.17, 15) is 0 Å². The lowest BCUT2D eigenvalue weighted by Gasteiger charge is -2.20. The lowest BCUT2D eigenvalue weighted by molar-refractivity contribution is 0.354. The van der Waals surface area contributed by atoms with Crippen molar-refractivity contribution in [1.29, 1.82) is 0 Å². The van der Waals surface area contributed by atoms with Crippen molar-refractivity contribution < 1.29 is 9.47 Å². The van der Waals surface area contributed by atoms with E-state index in [1.165, 1.54) is 5.56 Å². The van der Waals surface area contributed by atoms with E-state index >= 15 is 0 Å². The number of methoxy groups -OCH3 is 2. The van der Waals surface area contributed by atoms with E-state index in [4.69, 9.17) is 9.47 Å². The molecular weight excluding hydrogens is 417 g/mol. The van der Waals surface area contributed by atoms with Gasteiger partial charge in [0.2, 0.25) is 0 Å². The van der Waals surface area contributed by atoms with Gasteiger partial charge in [-0.25, -0.2) is 0 Å². The van der Waals surface area contributed by atoms with Gasteiger partial charge < -0.3 is 20.1 Å². The largest absolute Gasteiger partial charge is 0.493 e. The number of aliphatic imine (C=N–C) groups is 1. The maximum Gasteiger partial charge on any atom is 0.191 e. The number of nitrogens with zero attached hydrogens (tertiary/aromatic N) is 1. The standard InChI is InChI=1S/C18H31N3O2.HI/c1-13(2)14(3)21-18(19-4)20-11-7-8-15-9-10-16(22-5)17(12-15)23-6;/h9-10,12-14H,7-8,11H2,1-6H3,(H2,19,20,21);1H. The lowest BCUT2D eigenvalue weighted by atomic mass is 10.1. The molecular formula is C18H32IN3O2. The van der Waals surface area contributed by atoms with Gasteiger partial charge in [-0.1, -0.05) is 19.9 Å². The fourth-order valence-electron chi connectivity index (χ4n) is 2.11. The van der Waals surface area contributed by atoms with Crippen LogP contribution in [0.4, 0.5) is 0 Å². The van der Waals surface area contributed by atoms with Crippen LogP contribution in [0.2, 0.25) is 0 Å². The molecule has 0 heterocycles. The summed E-state index contributed by atoms with van der Waals surface area (Å²) in [5.74, 6) is 2.97. The van der Waals surface area contributed by atoms with Gasteiger partial charge in [0.25, 0.3) is 0 Å². The van der Waals surface area contributed by atoms with E-state index in [0.717, 1.165) is 36.8 Å². The van der Waals surface area contributed by atoms with Crippen molar-refractivity contribution in [3.8, 4) is 11.5 Å². The van der Waals surface area contributed by atoms with E-state index in [2.05, 4.69) is 42.5 Å². The molecule has 0 spiro atoms. The third-order valence-electron chi connectivity index (χ3n) is 3.97. The molecule has 0 aliphatic carbocycles. The van der Waals surface area contributed by atoms with E-state index in [1.807, 2.05) is 12.1 Å². The minimum Gasteiger partial charge on any atom is -0.493 e. The molecule has 1 aromatic carbocycles. The van der Waals surface area contributed by atoms with Crippen molar-refractivity contribution in [2.24, 2.45) is 10.9 Å². The number of hydrogen-bond acceptors (Lipinski definition) is 3. The van der Waals surface area contributed by atoms with Crippen LogP contribution in [-0.2, 0) is 6.42 Å². The second-order valence-corrected chi connectivity index (χ2v) is 5.97.